The molecule has 1 nitrogen and oxygen atoms in total. The van der Waals surface area contributed by atoms with Crippen molar-refractivity contribution in [1.82, 2.24) is 0 Å². The first-order valence-electron chi connectivity index (χ1n) is 6.32. The fourth-order valence-corrected chi connectivity index (χ4v) is 2.43. The molecule has 0 spiro atoms. The Hall–Kier alpha value is -1.52. The molecule has 0 aliphatic rings. The van der Waals surface area contributed by atoms with Crippen LogP contribution in [0.15, 0.2) is 36.4 Å². The third-order valence-electron chi connectivity index (χ3n) is 3.50. The molecule has 0 fully saturated rings. The van der Waals surface area contributed by atoms with Crippen LogP contribution in [0.4, 0.5) is 13.2 Å². The van der Waals surface area contributed by atoms with Crippen molar-refractivity contribution >= 4 is 11.6 Å². The van der Waals surface area contributed by atoms with Crippen molar-refractivity contribution < 1.29 is 18.3 Å². The lowest BCUT2D eigenvalue weighted by atomic mass is 9.93. The summed E-state index contributed by atoms with van der Waals surface area (Å²) in [5, 5.41) is 10.9. The quantitative estimate of drug-likeness (QED) is 0.821. The maximum absolute atomic E-state index is 12.7. The topological polar surface area (TPSA) is 20.2 Å². The van der Waals surface area contributed by atoms with E-state index in [1.165, 1.54) is 6.07 Å². The van der Waals surface area contributed by atoms with Crippen LogP contribution in [-0.2, 0) is 6.18 Å². The first kappa shape index (κ1) is 15.9. The van der Waals surface area contributed by atoms with Gasteiger partial charge in [-0.15, -0.1) is 0 Å². The molecule has 1 unspecified atom stereocenters. The number of aryl methyl sites for hydroxylation is 1. The lowest BCUT2D eigenvalue weighted by Gasteiger charge is -2.18. The Bertz CT molecular complexity index is 665. The number of aliphatic hydroxyl groups is 1. The van der Waals surface area contributed by atoms with Crippen molar-refractivity contribution in [3.63, 3.8) is 0 Å². The molecule has 2 rings (SSSR count). The Kier molecular flexibility index (Phi) is 4.30. The summed E-state index contributed by atoms with van der Waals surface area (Å²) in [5.41, 5.74) is 1.40. The second-order valence-electron chi connectivity index (χ2n) is 4.93. The van der Waals surface area contributed by atoms with Gasteiger partial charge in [0.15, 0.2) is 0 Å². The van der Waals surface area contributed by atoms with Gasteiger partial charge in [0.25, 0.3) is 0 Å². The van der Waals surface area contributed by atoms with Crippen LogP contribution in [0.25, 0.3) is 0 Å². The summed E-state index contributed by atoms with van der Waals surface area (Å²) in [5.74, 6) is 0. The zero-order valence-corrected chi connectivity index (χ0v) is 12.3. The van der Waals surface area contributed by atoms with E-state index in [1.54, 1.807) is 32.0 Å². The van der Waals surface area contributed by atoms with E-state index in [9.17, 15) is 18.3 Å². The second kappa shape index (κ2) is 5.70. The van der Waals surface area contributed by atoms with Crippen LogP contribution in [0.5, 0.6) is 0 Å². The van der Waals surface area contributed by atoms with Gasteiger partial charge < -0.3 is 5.11 Å². The van der Waals surface area contributed by atoms with E-state index in [0.717, 1.165) is 12.1 Å². The van der Waals surface area contributed by atoms with Crippen molar-refractivity contribution in [2.45, 2.75) is 26.1 Å². The fraction of sp³-hybridized carbons (Fsp3) is 0.250. The van der Waals surface area contributed by atoms with Crippen LogP contribution in [0, 0.1) is 13.8 Å². The molecule has 2 aromatic carbocycles. The number of hydrogen-bond acceptors (Lipinski definition) is 1. The predicted octanol–water partition coefficient (Wildman–Crippen LogP) is 5.06. The molecule has 0 saturated carbocycles. The van der Waals surface area contributed by atoms with Gasteiger partial charge in [0.05, 0.1) is 5.56 Å². The van der Waals surface area contributed by atoms with Gasteiger partial charge >= 0.3 is 6.18 Å². The number of aliphatic hydroxyl groups excluding tert-OH is 1. The molecule has 1 atom stereocenters. The molecule has 0 aliphatic carbocycles. The summed E-state index contributed by atoms with van der Waals surface area (Å²) < 4.78 is 38.0. The Morgan fingerprint density at radius 1 is 1.05 bits per heavy atom. The number of benzene rings is 2. The Balaban J connectivity index is 2.45. The molecular formula is C16H14ClF3O. The maximum Gasteiger partial charge on any atom is 0.416 e. The Morgan fingerprint density at radius 3 is 2.29 bits per heavy atom. The molecule has 0 radical (unpaired) electrons. The van der Waals surface area contributed by atoms with E-state index in [4.69, 9.17) is 11.6 Å². The van der Waals surface area contributed by atoms with E-state index in [1.807, 2.05) is 0 Å². The summed E-state index contributed by atoms with van der Waals surface area (Å²) in [7, 11) is 0. The van der Waals surface area contributed by atoms with Crippen molar-refractivity contribution in [1.29, 1.82) is 0 Å². The Labute approximate surface area is 126 Å². The monoisotopic (exact) mass is 314 g/mol. The van der Waals surface area contributed by atoms with Crippen LogP contribution < -0.4 is 0 Å². The Morgan fingerprint density at radius 2 is 1.71 bits per heavy atom. The highest BCUT2D eigenvalue weighted by Crippen LogP contribution is 2.34. The standard InChI is InChI=1S/C16H14ClF3O/c1-9-8-11(16(18,19)20)6-7-12(9)15(21)13-4-3-5-14(17)10(13)2/h3-8,15,21H,1-2H3. The minimum atomic E-state index is -4.39. The van der Waals surface area contributed by atoms with Gasteiger partial charge in [-0.2, -0.15) is 13.2 Å². The number of alkyl halides is 3. The van der Waals surface area contributed by atoms with E-state index in [-0.39, 0.29) is 0 Å². The van der Waals surface area contributed by atoms with E-state index in [2.05, 4.69) is 0 Å². The molecular weight excluding hydrogens is 301 g/mol. The smallest absolute Gasteiger partial charge is 0.384 e. The SMILES string of the molecule is Cc1cc(C(F)(F)F)ccc1C(O)c1cccc(Cl)c1C. The largest absolute Gasteiger partial charge is 0.416 e. The zero-order valence-electron chi connectivity index (χ0n) is 11.5. The molecule has 1 N–H and O–H groups in total. The molecule has 0 bridgehead atoms. The minimum absolute atomic E-state index is 0.386. The summed E-state index contributed by atoms with van der Waals surface area (Å²) in [6.45, 7) is 3.31. The van der Waals surface area contributed by atoms with E-state index < -0.39 is 17.8 Å². The highest BCUT2D eigenvalue weighted by Gasteiger charge is 2.31. The van der Waals surface area contributed by atoms with Crippen molar-refractivity contribution in [3.8, 4) is 0 Å². The molecule has 0 aliphatic heterocycles. The normalized spacial score (nSPS) is 13.3. The van der Waals surface area contributed by atoms with Crippen LogP contribution in [0.2, 0.25) is 5.02 Å². The summed E-state index contributed by atoms with van der Waals surface area (Å²) in [6.07, 6.45) is -5.40. The van der Waals surface area contributed by atoms with Gasteiger partial charge in [-0.3, -0.25) is 0 Å². The fourth-order valence-electron chi connectivity index (χ4n) is 2.25. The summed E-state index contributed by atoms with van der Waals surface area (Å²) in [6, 6.07) is 8.44. The molecule has 0 heterocycles. The van der Waals surface area contributed by atoms with E-state index >= 15 is 0 Å². The first-order valence-corrected chi connectivity index (χ1v) is 6.70. The molecule has 5 heteroatoms. The van der Waals surface area contributed by atoms with Crippen molar-refractivity contribution in [2.75, 3.05) is 0 Å². The van der Waals surface area contributed by atoms with Crippen LogP contribution in [0.3, 0.4) is 0 Å². The average molecular weight is 315 g/mol. The lowest BCUT2D eigenvalue weighted by Crippen LogP contribution is -2.09. The molecule has 112 valence electrons. The third kappa shape index (κ3) is 3.22. The van der Waals surface area contributed by atoms with Gasteiger partial charge in [-0.1, -0.05) is 29.8 Å². The van der Waals surface area contributed by atoms with Gasteiger partial charge in [0, 0.05) is 5.02 Å². The van der Waals surface area contributed by atoms with Crippen LogP contribution in [-0.4, -0.2) is 5.11 Å². The number of rotatable bonds is 2. The predicted molar refractivity (Wildman–Crippen MR) is 76.4 cm³/mol. The van der Waals surface area contributed by atoms with E-state index in [0.29, 0.717) is 27.3 Å². The summed E-state index contributed by atoms with van der Waals surface area (Å²) >= 11 is 6.01. The first-order chi connectivity index (χ1) is 9.71. The van der Waals surface area contributed by atoms with Crippen molar-refractivity contribution in [2.24, 2.45) is 0 Å². The molecule has 21 heavy (non-hydrogen) atoms. The van der Waals surface area contributed by atoms with Crippen LogP contribution in [0.1, 0.15) is 33.9 Å². The number of hydrogen-bond donors (Lipinski definition) is 1. The molecule has 2 aromatic rings. The molecule has 0 amide bonds. The second-order valence-corrected chi connectivity index (χ2v) is 5.33. The van der Waals surface area contributed by atoms with Gasteiger partial charge in [-0.05, 0) is 54.3 Å². The third-order valence-corrected chi connectivity index (χ3v) is 3.91. The highest BCUT2D eigenvalue weighted by atomic mass is 35.5. The zero-order chi connectivity index (χ0) is 15.8. The highest BCUT2D eigenvalue weighted by molar-refractivity contribution is 6.31. The average Bonchev–Trinajstić information content (AvgIpc) is 2.40. The minimum Gasteiger partial charge on any atom is -0.384 e. The van der Waals surface area contributed by atoms with Gasteiger partial charge in [0.2, 0.25) is 0 Å². The van der Waals surface area contributed by atoms with Gasteiger partial charge in [-0.25, -0.2) is 0 Å². The van der Waals surface area contributed by atoms with Crippen molar-refractivity contribution in [3.05, 3.63) is 69.2 Å². The maximum atomic E-state index is 12.7. The van der Waals surface area contributed by atoms with Gasteiger partial charge in [0.1, 0.15) is 6.10 Å². The lowest BCUT2D eigenvalue weighted by molar-refractivity contribution is -0.137. The number of halogens is 4. The summed E-state index contributed by atoms with van der Waals surface area (Å²) in [4.78, 5) is 0. The molecule has 0 aromatic heterocycles. The molecule has 0 saturated heterocycles. The van der Waals surface area contributed by atoms with Crippen LogP contribution >= 0.6 is 11.6 Å².